The zero-order valence-corrected chi connectivity index (χ0v) is 12.3. The number of rotatable bonds is 4. The van der Waals surface area contributed by atoms with Gasteiger partial charge in [0.25, 0.3) is 5.91 Å². The van der Waals surface area contributed by atoms with Crippen LogP contribution in [0.15, 0.2) is 24.3 Å². The number of morpholine rings is 1. The minimum Gasteiger partial charge on any atom is -0.378 e. The molecule has 1 aliphatic heterocycles. The molecule has 20 heavy (non-hydrogen) atoms. The van der Waals surface area contributed by atoms with Crippen molar-refractivity contribution in [1.82, 2.24) is 10.2 Å². The molecule has 2 aliphatic rings. The van der Waals surface area contributed by atoms with Gasteiger partial charge in [-0.15, -0.1) is 12.4 Å². The van der Waals surface area contributed by atoms with E-state index in [-0.39, 0.29) is 18.3 Å². The van der Waals surface area contributed by atoms with Crippen LogP contribution in [0.1, 0.15) is 28.8 Å². The van der Waals surface area contributed by atoms with E-state index >= 15 is 0 Å². The molecule has 4 nitrogen and oxygen atoms in total. The van der Waals surface area contributed by atoms with Gasteiger partial charge in [0.05, 0.1) is 13.2 Å². The fraction of sp³-hybridized carbons (Fsp3) is 0.533. The highest BCUT2D eigenvalue weighted by Crippen LogP contribution is 2.19. The number of carbonyl (C=O) groups excluding carboxylic acids is 1. The molecule has 1 aromatic rings. The first-order valence-corrected chi connectivity index (χ1v) is 7.02. The Labute approximate surface area is 125 Å². The van der Waals surface area contributed by atoms with Crippen LogP contribution < -0.4 is 5.32 Å². The van der Waals surface area contributed by atoms with Crippen LogP contribution >= 0.6 is 12.4 Å². The second-order valence-corrected chi connectivity index (χ2v) is 5.26. The number of hydrogen-bond acceptors (Lipinski definition) is 3. The van der Waals surface area contributed by atoms with Gasteiger partial charge in [0.2, 0.25) is 0 Å². The van der Waals surface area contributed by atoms with Crippen molar-refractivity contribution in [1.29, 1.82) is 0 Å². The summed E-state index contributed by atoms with van der Waals surface area (Å²) in [5.41, 5.74) is 2.02. The van der Waals surface area contributed by atoms with E-state index in [1.807, 2.05) is 29.2 Å². The second kappa shape index (κ2) is 7.07. The Morgan fingerprint density at radius 2 is 1.85 bits per heavy atom. The minimum absolute atomic E-state index is 0. The summed E-state index contributed by atoms with van der Waals surface area (Å²) in [6, 6.07) is 8.67. The van der Waals surface area contributed by atoms with Crippen LogP contribution in [0.25, 0.3) is 0 Å². The van der Waals surface area contributed by atoms with Crippen molar-refractivity contribution in [2.75, 3.05) is 26.3 Å². The van der Waals surface area contributed by atoms with Gasteiger partial charge < -0.3 is 15.0 Å². The van der Waals surface area contributed by atoms with Gasteiger partial charge in [-0.1, -0.05) is 12.1 Å². The zero-order chi connectivity index (χ0) is 13.1. The van der Waals surface area contributed by atoms with Crippen molar-refractivity contribution in [3.63, 3.8) is 0 Å². The first-order valence-electron chi connectivity index (χ1n) is 7.02. The van der Waals surface area contributed by atoms with E-state index in [4.69, 9.17) is 4.74 Å². The van der Waals surface area contributed by atoms with Crippen molar-refractivity contribution in [3.8, 4) is 0 Å². The summed E-state index contributed by atoms with van der Waals surface area (Å²) in [6.45, 7) is 3.59. The van der Waals surface area contributed by atoms with Crippen molar-refractivity contribution < 1.29 is 9.53 Å². The van der Waals surface area contributed by atoms with Crippen LogP contribution in [-0.4, -0.2) is 43.2 Å². The molecule has 2 fully saturated rings. The summed E-state index contributed by atoms with van der Waals surface area (Å²) >= 11 is 0. The molecule has 0 unspecified atom stereocenters. The standard InChI is InChI=1S/C15H20N2O2.ClH/c18-15(17-7-9-19-10-8-17)13-3-1-12(2-4-13)11-16-14-5-6-14;/h1-4,14,16H,5-11H2;1H. The molecule has 1 N–H and O–H groups in total. The minimum atomic E-state index is 0. The third-order valence-corrected chi connectivity index (χ3v) is 3.67. The van der Waals surface area contributed by atoms with Gasteiger partial charge in [0.1, 0.15) is 0 Å². The predicted molar refractivity (Wildman–Crippen MR) is 80.3 cm³/mol. The van der Waals surface area contributed by atoms with Gasteiger partial charge in [-0.3, -0.25) is 4.79 Å². The van der Waals surface area contributed by atoms with E-state index in [0.717, 1.165) is 18.2 Å². The monoisotopic (exact) mass is 296 g/mol. The quantitative estimate of drug-likeness (QED) is 0.922. The number of ether oxygens (including phenoxy) is 1. The van der Waals surface area contributed by atoms with Gasteiger partial charge in [-0.05, 0) is 30.5 Å². The number of nitrogens with zero attached hydrogens (tertiary/aromatic N) is 1. The van der Waals surface area contributed by atoms with E-state index in [2.05, 4.69) is 5.32 Å². The summed E-state index contributed by atoms with van der Waals surface area (Å²) in [6.07, 6.45) is 2.60. The molecule has 1 saturated carbocycles. The summed E-state index contributed by atoms with van der Waals surface area (Å²) in [7, 11) is 0. The zero-order valence-electron chi connectivity index (χ0n) is 11.5. The van der Waals surface area contributed by atoms with Crippen LogP contribution in [0, 0.1) is 0 Å². The molecule has 0 bridgehead atoms. The highest BCUT2D eigenvalue weighted by molar-refractivity contribution is 5.94. The Morgan fingerprint density at radius 3 is 2.45 bits per heavy atom. The second-order valence-electron chi connectivity index (χ2n) is 5.26. The van der Waals surface area contributed by atoms with E-state index in [9.17, 15) is 4.79 Å². The number of carbonyl (C=O) groups is 1. The maximum Gasteiger partial charge on any atom is 0.254 e. The molecule has 1 amide bonds. The molecule has 5 heteroatoms. The first-order chi connectivity index (χ1) is 9.33. The van der Waals surface area contributed by atoms with E-state index < -0.39 is 0 Å². The molecular weight excluding hydrogens is 276 g/mol. The Balaban J connectivity index is 0.00000147. The van der Waals surface area contributed by atoms with Crippen LogP contribution in [0.3, 0.4) is 0 Å². The first kappa shape index (κ1) is 15.3. The van der Waals surface area contributed by atoms with Crippen molar-refractivity contribution in [2.24, 2.45) is 0 Å². The molecule has 1 aromatic carbocycles. The lowest BCUT2D eigenvalue weighted by atomic mass is 10.1. The molecule has 1 heterocycles. The number of hydrogen-bond donors (Lipinski definition) is 1. The molecule has 3 rings (SSSR count). The third kappa shape index (κ3) is 3.95. The number of halogens is 1. The lowest BCUT2D eigenvalue weighted by molar-refractivity contribution is 0.0303. The Kier molecular flexibility index (Phi) is 5.40. The van der Waals surface area contributed by atoms with Crippen LogP contribution in [0.5, 0.6) is 0 Å². The van der Waals surface area contributed by atoms with Gasteiger partial charge in [-0.25, -0.2) is 0 Å². The highest BCUT2D eigenvalue weighted by Gasteiger charge is 2.20. The van der Waals surface area contributed by atoms with Crippen molar-refractivity contribution in [3.05, 3.63) is 35.4 Å². The lowest BCUT2D eigenvalue weighted by Gasteiger charge is -2.26. The fourth-order valence-corrected chi connectivity index (χ4v) is 2.26. The lowest BCUT2D eigenvalue weighted by Crippen LogP contribution is -2.40. The molecule has 110 valence electrons. The van der Waals surface area contributed by atoms with Crippen molar-refractivity contribution in [2.45, 2.75) is 25.4 Å². The smallest absolute Gasteiger partial charge is 0.254 e. The topological polar surface area (TPSA) is 41.6 Å². The molecular formula is C15H21ClN2O2. The number of nitrogens with one attached hydrogen (secondary N) is 1. The Morgan fingerprint density at radius 1 is 1.20 bits per heavy atom. The van der Waals surface area contributed by atoms with Gasteiger partial charge in [0.15, 0.2) is 0 Å². The molecule has 0 atom stereocenters. The largest absolute Gasteiger partial charge is 0.378 e. The fourth-order valence-electron chi connectivity index (χ4n) is 2.26. The molecule has 0 radical (unpaired) electrons. The number of benzene rings is 1. The maximum atomic E-state index is 12.2. The van der Waals surface area contributed by atoms with E-state index in [1.165, 1.54) is 18.4 Å². The van der Waals surface area contributed by atoms with Gasteiger partial charge in [0, 0.05) is 31.2 Å². The summed E-state index contributed by atoms with van der Waals surface area (Å²) in [5, 5.41) is 3.47. The summed E-state index contributed by atoms with van der Waals surface area (Å²) < 4.78 is 5.26. The molecule has 1 saturated heterocycles. The maximum absolute atomic E-state index is 12.2. The SMILES string of the molecule is Cl.O=C(c1ccc(CNC2CC2)cc1)N1CCOCC1. The normalized spacial score (nSPS) is 18.5. The average Bonchev–Trinajstić information content (AvgIpc) is 3.30. The summed E-state index contributed by atoms with van der Waals surface area (Å²) in [4.78, 5) is 14.1. The summed E-state index contributed by atoms with van der Waals surface area (Å²) in [5.74, 6) is 0.116. The van der Waals surface area contributed by atoms with Crippen LogP contribution in [-0.2, 0) is 11.3 Å². The molecule has 0 aromatic heterocycles. The average molecular weight is 297 g/mol. The van der Waals surface area contributed by atoms with E-state index in [0.29, 0.717) is 26.3 Å². The predicted octanol–water partition coefficient (Wildman–Crippen LogP) is 1.83. The highest BCUT2D eigenvalue weighted by atomic mass is 35.5. The van der Waals surface area contributed by atoms with Crippen molar-refractivity contribution >= 4 is 18.3 Å². The van der Waals surface area contributed by atoms with E-state index in [1.54, 1.807) is 0 Å². The Hall–Kier alpha value is -1.10. The Bertz CT molecular complexity index is 440. The van der Waals surface area contributed by atoms with Gasteiger partial charge >= 0.3 is 0 Å². The van der Waals surface area contributed by atoms with Crippen LogP contribution in [0.2, 0.25) is 0 Å². The van der Waals surface area contributed by atoms with Gasteiger partial charge in [-0.2, -0.15) is 0 Å². The molecule has 0 spiro atoms. The molecule has 1 aliphatic carbocycles. The number of amides is 1. The third-order valence-electron chi connectivity index (χ3n) is 3.67. The van der Waals surface area contributed by atoms with Crippen LogP contribution in [0.4, 0.5) is 0 Å².